The van der Waals surface area contributed by atoms with E-state index in [4.69, 9.17) is 5.11 Å². The molecule has 0 amide bonds. The molecule has 0 atom stereocenters. The SMILES string of the molecule is C=CCN(CC(=O)O)S(=O)(=O)c1cn(C)nc1C1CC1. The quantitative estimate of drug-likeness (QED) is 0.743. The molecule has 0 spiro atoms. The van der Waals surface area contributed by atoms with Crippen LogP contribution in [0.15, 0.2) is 23.7 Å². The van der Waals surface area contributed by atoms with E-state index in [1.165, 1.54) is 17.0 Å². The first-order valence-electron chi connectivity index (χ1n) is 6.22. The smallest absolute Gasteiger partial charge is 0.318 e. The number of hydrogen-bond acceptors (Lipinski definition) is 4. The summed E-state index contributed by atoms with van der Waals surface area (Å²) in [5.74, 6) is -1.04. The molecule has 1 aliphatic carbocycles. The van der Waals surface area contributed by atoms with Crippen LogP contribution in [0.25, 0.3) is 0 Å². The second-order valence-corrected chi connectivity index (χ2v) is 6.71. The van der Waals surface area contributed by atoms with Gasteiger partial charge in [-0.1, -0.05) is 6.08 Å². The summed E-state index contributed by atoms with van der Waals surface area (Å²) in [7, 11) is -2.22. The molecule has 0 aliphatic heterocycles. The van der Waals surface area contributed by atoms with Gasteiger partial charge in [-0.25, -0.2) is 8.42 Å². The second kappa shape index (κ2) is 5.37. The normalized spacial score (nSPS) is 15.5. The van der Waals surface area contributed by atoms with Crippen LogP contribution in [-0.2, 0) is 21.9 Å². The molecule has 0 unspecified atom stereocenters. The third-order valence-corrected chi connectivity index (χ3v) is 4.88. The molecule has 2 rings (SSSR count). The average Bonchev–Trinajstić information content (AvgIpc) is 3.11. The maximum atomic E-state index is 12.6. The molecule has 1 aromatic heterocycles. The van der Waals surface area contributed by atoms with Crippen LogP contribution >= 0.6 is 0 Å². The molecule has 1 aliphatic rings. The Morgan fingerprint density at radius 2 is 2.30 bits per heavy atom. The fourth-order valence-electron chi connectivity index (χ4n) is 2.00. The van der Waals surface area contributed by atoms with Gasteiger partial charge in [-0.3, -0.25) is 9.48 Å². The van der Waals surface area contributed by atoms with Crippen molar-refractivity contribution in [2.45, 2.75) is 23.7 Å². The van der Waals surface area contributed by atoms with Gasteiger partial charge in [-0.05, 0) is 12.8 Å². The van der Waals surface area contributed by atoms with Crippen molar-refractivity contribution in [3.63, 3.8) is 0 Å². The zero-order valence-corrected chi connectivity index (χ0v) is 12.0. The molecule has 0 radical (unpaired) electrons. The van der Waals surface area contributed by atoms with Crippen molar-refractivity contribution in [3.8, 4) is 0 Å². The molecule has 1 fully saturated rings. The van der Waals surface area contributed by atoms with E-state index in [0.29, 0.717) is 5.69 Å². The topological polar surface area (TPSA) is 92.5 Å². The Morgan fingerprint density at radius 3 is 2.80 bits per heavy atom. The molecular formula is C12H17N3O4S. The third kappa shape index (κ3) is 2.91. The van der Waals surface area contributed by atoms with Crippen molar-refractivity contribution in [1.29, 1.82) is 0 Å². The highest BCUT2D eigenvalue weighted by Gasteiger charge is 2.36. The predicted octanol–water partition coefficient (Wildman–Crippen LogP) is 0.559. The highest BCUT2D eigenvalue weighted by Crippen LogP contribution is 2.42. The molecule has 7 nitrogen and oxygen atoms in total. The van der Waals surface area contributed by atoms with Gasteiger partial charge in [0.05, 0.1) is 5.69 Å². The fourth-order valence-corrected chi connectivity index (χ4v) is 3.62. The second-order valence-electron chi connectivity index (χ2n) is 4.81. The first kappa shape index (κ1) is 14.7. The first-order valence-corrected chi connectivity index (χ1v) is 7.66. The van der Waals surface area contributed by atoms with Crippen molar-refractivity contribution in [1.82, 2.24) is 14.1 Å². The molecule has 110 valence electrons. The monoisotopic (exact) mass is 299 g/mol. The Kier molecular flexibility index (Phi) is 3.96. The Labute approximate surface area is 117 Å². The van der Waals surface area contributed by atoms with E-state index in [2.05, 4.69) is 11.7 Å². The van der Waals surface area contributed by atoms with E-state index in [1.54, 1.807) is 7.05 Å². The van der Waals surface area contributed by atoms with E-state index >= 15 is 0 Å². The lowest BCUT2D eigenvalue weighted by atomic mass is 10.3. The van der Waals surface area contributed by atoms with Gasteiger partial charge >= 0.3 is 5.97 Å². The van der Waals surface area contributed by atoms with Crippen LogP contribution in [0, 0.1) is 0 Å². The minimum Gasteiger partial charge on any atom is -0.480 e. The van der Waals surface area contributed by atoms with Crippen LogP contribution in [0.2, 0.25) is 0 Å². The summed E-state index contributed by atoms with van der Waals surface area (Å²) in [4.78, 5) is 10.9. The lowest BCUT2D eigenvalue weighted by Crippen LogP contribution is -2.36. The summed E-state index contributed by atoms with van der Waals surface area (Å²) < 4.78 is 27.5. The molecule has 20 heavy (non-hydrogen) atoms. The number of rotatable bonds is 7. The van der Waals surface area contributed by atoms with E-state index in [1.807, 2.05) is 0 Å². The van der Waals surface area contributed by atoms with Crippen LogP contribution in [0.3, 0.4) is 0 Å². The number of nitrogens with zero attached hydrogens (tertiary/aromatic N) is 3. The largest absolute Gasteiger partial charge is 0.480 e. The zero-order valence-electron chi connectivity index (χ0n) is 11.2. The molecule has 0 bridgehead atoms. The fraction of sp³-hybridized carbons (Fsp3) is 0.500. The molecule has 0 aromatic carbocycles. The third-order valence-electron chi connectivity index (χ3n) is 3.05. The summed E-state index contributed by atoms with van der Waals surface area (Å²) in [6, 6.07) is 0. The maximum absolute atomic E-state index is 12.6. The summed E-state index contributed by atoms with van der Waals surface area (Å²) in [5.41, 5.74) is 0.534. The lowest BCUT2D eigenvalue weighted by molar-refractivity contribution is -0.137. The number of carbonyl (C=O) groups is 1. The van der Waals surface area contributed by atoms with Crippen LogP contribution in [0.1, 0.15) is 24.5 Å². The summed E-state index contributed by atoms with van der Waals surface area (Å²) in [5, 5.41) is 13.1. The maximum Gasteiger partial charge on any atom is 0.318 e. The minimum atomic E-state index is -3.88. The van der Waals surface area contributed by atoms with Gasteiger partial charge in [0, 0.05) is 25.7 Å². The van der Waals surface area contributed by atoms with Crippen LogP contribution in [-0.4, -0.2) is 46.7 Å². The van der Waals surface area contributed by atoms with Gasteiger partial charge in [0.1, 0.15) is 11.4 Å². The van der Waals surface area contributed by atoms with Crippen molar-refractivity contribution in [2.75, 3.05) is 13.1 Å². The molecule has 0 saturated heterocycles. The predicted molar refractivity (Wildman–Crippen MR) is 71.8 cm³/mol. The number of hydrogen-bond donors (Lipinski definition) is 1. The van der Waals surface area contributed by atoms with E-state index < -0.39 is 22.5 Å². The van der Waals surface area contributed by atoms with Gasteiger partial charge in [0.15, 0.2) is 0 Å². The molecule has 1 N–H and O–H groups in total. The van der Waals surface area contributed by atoms with E-state index in [9.17, 15) is 13.2 Å². The number of aromatic nitrogens is 2. The van der Waals surface area contributed by atoms with Crippen molar-refractivity contribution in [3.05, 3.63) is 24.5 Å². The lowest BCUT2D eigenvalue weighted by Gasteiger charge is -2.18. The molecule has 1 aromatic rings. The van der Waals surface area contributed by atoms with E-state index in [0.717, 1.165) is 17.1 Å². The number of carboxylic acids is 1. The standard InChI is InChI=1S/C12H17N3O4S/c1-3-6-15(8-11(16)17)20(18,19)10-7-14(2)13-12(10)9-4-5-9/h3,7,9H,1,4-6,8H2,2H3,(H,16,17). The van der Waals surface area contributed by atoms with Gasteiger partial charge < -0.3 is 5.11 Å². The van der Waals surface area contributed by atoms with Crippen LogP contribution < -0.4 is 0 Å². The zero-order chi connectivity index (χ0) is 14.9. The van der Waals surface area contributed by atoms with Crippen LogP contribution in [0.4, 0.5) is 0 Å². The Balaban J connectivity index is 2.41. The van der Waals surface area contributed by atoms with Crippen molar-refractivity contribution in [2.24, 2.45) is 7.05 Å². The highest BCUT2D eigenvalue weighted by molar-refractivity contribution is 7.89. The van der Waals surface area contributed by atoms with E-state index in [-0.39, 0.29) is 17.4 Å². The number of aryl methyl sites for hydroxylation is 1. The number of carboxylic acid groups (broad SMARTS) is 1. The number of sulfonamides is 1. The van der Waals surface area contributed by atoms with Crippen molar-refractivity contribution >= 4 is 16.0 Å². The van der Waals surface area contributed by atoms with Gasteiger partial charge in [0.2, 0.25) is 10.0 Å². The first-order chi connectivity index (χ1) is 9.36. The summed E-state index contributed by atoms with van der Waals surface area (Å²) in [6.45, 7) is 2.83. The van der Waals surface area contributed by atoms with Crippen molar-refractivity contribution < 1.29 is 18.3 Å². The summed E-state index contributed by atoms with van der Waals surface area (Å²) >= 11 is 0. The molecule has 1 saturated carbocycles. The molecule has 1 heterocycles. The Hall–Kier alpha value is -1.67. The minimum absolute atomic E-state index is 0.0480. The summed E-state index contributed by atoms with van der Waals surface area (Å²) in [6.07, 6.45) is 4.63. The number of aliphatic carboxylic acids is 1. The Morgan fingerprint density at radius 1 is 1.65 bits per heavy atom. The van der Waals surface area contributed by atoms with Gasteiger partial charge in [-0.15, -0.1) is 6.58 Å². The molecular weight excluding hydrogens is 282 g/mol. The average molecular weight is 299 g/mol. The molecule has 8 heteroatoms. The van der Waals surface area contributed by atoms with Gasteiger partial charge in [0.25, 0.3) is 0 Å². The Bertz CT molecular complexity index is 631. The van der Waals surface area contributed by atoms with Crippen LogP contribution in [0.5, 0.6) is 0 Å². The highest BCUT2D eigenvalue weighted by atomic mass is 32.2. The van der Waals surface area contributed by atoms with Gasteiger partial charge in [-0.2, -0.15) is 9.40 Å².